The van der Waals surface area contributed by atoms with E-state index in [0.717, 1.165) is 5.56 Å². The number of H-pyrrole nitrogens is 1. The Balaban J connectivity index is 1.97. The minimum Gasteiger partial charge on any atom is -0.427 e. The number of hydrazone groups is 1. The Bertz CT molecular complexity index is 678. The van der Waals surface area contributed by atoms with E-state index in [-0.39, 0.29) is 11.8 Å². The van der Waals surface area contributed by atoms with Gasteiger partial charge < -0.3 is 4.74 Å². The summed E-state index contributed by atoms with van der Waals surface area (Å²) in [6.07, 6.45) is 2.86. The molecule has 0 atom stereocenters. The second-order valence-electron chi connectivity index (χ2n) is 3.70. The Morgan fingerprint density at radius 2 is 2.15 bits per heavy atom. The topological polar surface area (TPSA) is 109 Å². The highest BCUT2D eigenvalue weighted by Gasteiger charge is 1.97. The highest BCUT2D eigenvalue weighted by molar-refractivity contribution is 5.80. The van der Waals surface area contributed by atoms with Crippen LogP contribution >= 0.6 is 0 Å². The van der Waals surface area contributed by atoms with E-state index in [9.17, 15) is 9.59 Å². The van der Waals surface area contributed by atoms with E-state index < -0.39 is 5.69 Å². The molecule has 1 aromatic heterocycles. The first-order valence-electron chi connectivity index (χ1n) is 5.63. The summed E-state index contributed by atoms with van der Waals surface area (Å²) in [5, 5.41) is 9.62. The average Bonchev–Trinajstić information content (AvgIpc) is 2.40. The molecule has 0 aliphatic rings. The van der Waals surface area contributed by atoms with E-state index in [2.05, 4.69) is 25.7 Å². The molecule has 1 aromatic carbocycles. The standard InChI is InChI=1S/C12H11N5O3/c1-8(18)20-10-4-2-9(3-5-10)6-13-16-11-7-14-17-12(19)15-11/h2-7H,1H3,(H2,15,16,17,19)/b13-6+. The third kappa shape index (κ3) is 4.02. The van der Waals surface area contributed by atoms with Crippen molar-refractivity contribution in [3.8, 4) is 5.75 Å². The Labute approximate surface area is 113 Å². The van der Waals surface area contributed by atoms with Crippen molar-refractivity contribution in [1.82, 2.24) is 15.2 Å². The Hall–Kier alpha value is -3.03. The summed E-state index contributed by atoms with van der Waals surface area (Å²) in [5.74, 6) is 0.325. The van der Waals surface area contributed by atoms with Crippen molar-refractivity contribution in [2.24, 2.45) is 5.10 Å². The van der Waals surface area contributed by atoms with Crippen LogP contribution in [0.2, 0.25) is 0 Å². The summed E-state index contributed by atoms with van der Waals surface area (Å²) in [7, 11) is 0. The van der Waals surface area contributed by atoms with Crippen molar-refractivity contribution < 1.29 is 9.53 Å². The van der Waals surface area contributed by atoms with Gasteiger partial charge in [0.1, 0.15) is 5.75 Å². The van der Waals surface area contributed by atoms with Crippen LogP contribution in [-0.4, -0.2) is 27.4 Å². The van der Waals surface area contributed by atoms with Gasteiger partial charge in [0.2, 0.25) is 0 Å². The predicted molar refractivity (Wildman–Crippen MR) is 71.6 cm³/mol. The van der Waals surface area contributed by atoms with Gasteiger partial charge in [-0.1, -0.05) is 0 Å². The maximum atomic E-state index is 10.9. The van der Waals surface area contributed by atoms with Gasteiger partial charge in [0.15, 0.2) is 5.82 Å². The molecular formula is C12H11N5O3. The van der Waals surface area contributed by atoms with E-state index >= 15 is 0 Å². The van der Waals surface area contributed by atoms with Crippen LogP contribution < -0.4 is 15.9 Å². The number of aromatic nitrogens is 3. The summed E-state index contributed by atoms with van der Waals surface area (Å²) in [6.45, 7) is 1.34. The molecule has 0 saturated heterocycles. The lowest BCUT2D eigenvalue weighted by molar-refractivity contribution is -0.131. The molecule has 2 aromatic rings. The first-order chi connectivity index (χ1) is 9.63. The summed E-state index contributed by atoms with van der Waals surface area (Å²) in [5.41, 5.74) is 2.80. The number of aromatic amines is 1. The molecule has 0 unspecified atom stereocenters. The van der Waals surface area contributed by atoms with Crippen LogP contribution in [0, 0.1) is 0 Å². The predicted octanol–water partition coefficient (Wildman–Crippen LogP) is 0.536. The molecule has 2 N–H and O–H groups in total. The van der Waals surface area contributed by atoms with Crippen molar-refractivity contribution in [2.75, 3.05) is 5.43 Å². The van der Waals surface area contributed by atoms with E-state index in [1.54, 1.807) is 24.3 Å². The fourth-order valence-corrected chi connectivity index (χ4v) is 1.33. The zero-order chi connectivity index (χ0) is 14.4. The largest absolute Gasteiger partial charge is 0.427 e. The smallest absolute Gasteiger partial charge is 0.363 e. The molecule has 0 aliphatic heterocycles. The highest BCUT2D eigenvalue weighted by atomic mass is 16.5. The van der Waals surface area contributed by atoms with E-state index in [4.69, 9.17) is 4.74 Å². The van der Waals surface area contributed by atoms with Crippen LogP contribution in [0.5, 0.6) is 5.75 Å². The minimum absolute atomic E-state index is 0.238. The lowest BCUT2D eigenvalue weighted by Crippen LogP contribution is -2.13. The molecule has 0 radical (unpaired) electrons. The van der Waals surface area contributed by atoms with Crippen molar-refractivity contribution in [1.29, 1.82) is 0 Å². The van der Waals surface area contributed by atoms with Gasteiger partial charge in [-0.05, 0) is 29.8 Å². The summed E-state index contributed by atoms with van der Waals surface area (Å²) in [4.78, 5) is 25.2. The normalized spacial score (nSPS) is 10.4. The number of esters is 1. The third-order valence-corrected chi connectivity index (χ3v) is 2.10. The van der Waals surface area contributed by atoms with E-state index in [1.807, 2.05) is 0 Å². The molecular weight excluding hydrogens is 262 g/mol. The van der Waals surface area contributed by atoms with Gasteiger partial charge in [0, 0.05) is 6.92 Å². The van der Waals surface area contributed by atoms with Crippen LogP contribution in [0.1, 0.15) is 12.5 Å². The molecule has 8 nitrogen and oxygen atoms in total. The molecule has 20 heavy (non-hydrogen) atoms. The quantitative estimate of drug-likeness (QED) is 0.364. The maximum Gasteiger partial charge on any atom is 0.363 e. The molecule has 0 aliphatic carbocycles. The minimum atomic E-state index is -0.559. The second kappa shape index (κ2) is 6.23. The van der Waals surface area contributed by atoms with E-state index in [1.165, 1.54) is 19.3 Å². The molecule has 2 rings (SSSR count). The first-order valence-corrected chi connectivity index (χ1v) is 5.63. The SMILES string of the molecule is CC(=O)Oc1ccc(/C=N/Nc2cn[nH]c(=O)n2)cc1. The lowest BCUT2D eigenvalue weighted by Gasteiger charge is -2.00. The van der Waals surface area contributed by atoms with Gasteiger partial charge in [0.05, 0.1) is 12.4 Å². The molecule has 0 bridgehead atoms. The number of hydrogen-bond acceptors (Lipinski definition) is 7. The molecule has 102 valence electrons. The van der Waals surface area contributed by atoms with Crippen molar-refractivity contribution in [2.45, 2.75) is 6.92 Å². The Morgan fingerprint density at radius 1 is 1.40 bits per heavy atom. The summed E-state index contributed by atoms with van der Waals surface area (Å²) < 4.78 is 4.90. The lowest BCUT2D eigenvalue weighted by atomic mass is 10.2. The molecule has 0 spiro atoms. The number of ether oxygens (including phenoxy) is 1. The van der Waals surface area contributed by atoms with Crippen LogP contribution in [0.4, 0.5) is 5.82 Å². The van der Waals surface area contributed by atoms with Crippen molar-refractivity contribution in [3.63, 3.8) is 0 Å². The maximum absolute atomic E-state index is 10.9. The van der Waals surface area contributed by atoms with Crippen molar-refractivity contribution in [3.05, 3.63) is 46.5 Å². The van der Waals surface area contributed by atoms with Crippen LogP contribution in [0.25, 0.3) is 0 Å². The molecule has 0 saturated carbocycles. The highest BCUT2D eigenvalue weighted by Crippen LogP contribution is 2.11. The number of benzene rings is 1. The Morgan fingerprint density at radius 3 is 2.80 bits per heavy atom. The fraction of sp³-hybridized carbons (Fsp3) is 0.0833. The van der Waals surface area contributed by atoms with Gasteiger partial charge in [-0.2, -0.15) is 15.2 Å². The van der Waals surface area contributed by atoms with Gasteiger partial charge in [-0.15, -0.1) is 0 Å². The molecule has 8 heteroatoms. The van der Waals surface area contributed by atoms with Crippen molar-refractivity contribution >= 4 is 18.0 Å². The number of nitrogens with zero attached hydrogens (tertiary/aromatic N) is 3. The first kappa shape index (κ1) is 13.4. The van der Waals surface area contributed by atoms with Gasteiger partial charge in [-0.3, -0.25) is 10.2 Å². The number of rotatable bonds is 4. The summed E-state index contributed by atoms with van der Waals surface area (Å²) >= 11 is 0. The number of nitrogens with one attached hydrogen (secondary N) is 2. The van der Waals surface area contributed by atoms with Crippen LogP contribution in [-0.2, 0) is 4.79 Å². The van der Waals surface area contributed by atoms with E-state index in [0.29, 0.717) is 5.75 Å². The zero-order valence-electron chi connectivity index (χ0n) is 10.5. The molecule has 1 heterocycles. The van der Waals surface area contributed by atoms with Gasteiger partial charge in [-0.25, -0.2) is 9.89 Å². The van der Waals surface area contributed by atoms with Crippen LogP contribution in [0.3, 0.4) is 0 Å². The van der Waals surface area contributed by atoms with Gasteiger partial charge in [0.25, 0.3) is 0 Å². The second-order valence-corrected chi connectivity index (χ2v) is 3.70. The number of hydrogen-bond donors (Lipinski definition) is 2. The zero-order valence-corrected chi connectivity index (χ0v) is 10.5. The fourth-order valence-electron chi connectivity index (χ4n) is 1.33. The number of anilines is 1. The molecule has 0 fully saturated rings. The van der Waals surface area contributed by atoms with Crippen LogP contribution in [0.15, 0.2) is 40.4 Å². The monoisotopic (exact) mass is 273 g/mol. The number of carbonyl (C=O) groups is 1. The summed E-state index contributed by atoms with van der Waals surface area (Å²) in [6, 6.07) is 6.76. The Kier molecular flexibility index (Phi) is 4.17. The van der Waals surface area contributed by atoms with Gasteiger partial charge >= 0.3 is 11.7 Å². The molecule has 0 amide bonds. The average molecular weight is 273 g/mol. The number of carbonyl (C=O) groups excluding carboxylic acids is 1. The third-order valence-electron chi connectivity index (χ3n) is 2.10.